The number of hydrogen-bond acceptors (Lipinski definition) is 6. The van der Waals surface area contributed by atoms with E-state index >= 15 is 0 Å². The highest BCUT2D eigenvalue weighted by atomic mass is 16.6. The van der Waals surface area contributed by atoms with E-state index in [1.54, 1.807) is 18.2 Å². The number of aromatic nitrogens is 3. The van der Waals surface area contributed by atoms with E-state index in [0.29, 0.717) is 22.3 Å². The second-order valence-electron chi connectivity index (χ2n) is 4.62. The normalized spacial score (nSPS) is 10.5. The van der Waals surface area contributed by atoms with E-state index in [1.807, 2.05) is 0 Å². The summed E-state index contributed by atoms with van der Waals surface area (Å²) in [4.78, 5) is 22.6. The number of carbonyl (C=O) groups excluding carboxylic acids is 1. The summed E-state index contributed by atoms with van der Waals surface area (Å²) in [6.07, 6.45) is 0. The van der Waals surface area contributed by atoms with Crippen molar-refractivity contribution in [2.45, 2.75) is 0 Å². The van der Waals surface area contributed by atoms with E-state index in [0.717, 1.165) is 0 Å². The van der Waals surface area contributed by atoms with Crippen molar-refractivity contribution in [3.05, 3.63) is 52.1 Å². The van der Waals surface area contributed by atoms with E-state index in [-0.39, 0.29) is 11.4 Å². The van der Waals surface area contributed by atoms with Gasteiger partial charge >= 0.3 is 0 Å². The molecule has 9 nitrogen and oxygen atoms in total. The van der Waals surface area contributed by atoms with Crippen LogP contribution in [0.5, 0.6) is 5.75 Å². The summed E-state index contributed by atoms with van der Waals surface area (Å²) in [5.74, 6) is -0.111. The van der Waals surface area contributed by atoms with Crippen LogP contribution in [-0.2, 0) is 0 Å². The monoisotopic (exact) mass is 313 g/mol. The van der Waals surface area contributed by atoms with E-state index in [2.05, 4.69) is 20.7 Å². The number of carbonyl (C=O) groups is 1. The van der Waals surface area contributed by atoms with Crippen LogP contribution in [0, 0.1) is 10.1 Å². The molecule has 0 aliphatic heterocycles. The zero-order valence-electron chi connectivity index (χ0n) is 11.9. The molecule has 3 rings (SSSR count). The molecule has 0 fully saturated rings. The Balaban J connectivity index is 1.92. The molecule has 0 unspecified atom stereocenters. The van der Waals surface area contributed by atoms with Crippen LogP contribution in [0.3, 0.4) is 0 Å². The number of nitro groups is 1. The summed E-state index contributed by atoms with van der Waals surface area (Å²) in [6, 6.07) is 8.77. The van der Waals surface area contributed by atoms with Gasteiger partial charge in [0.15, 0.2) is 0 Å². The van der Waals surface area contributed by atoms with Gasteiger partial charge in [0, 0.05) is 17.7 Å². The molecule has 0 radical (unpaired) electrons. The molecule has 0 aliphatic carbocycles. The lowest BCUT2D eigenvalue weighted by Crippen LogP contribution is -2.12. The summed E-state index contributed by atoms with van der Waals surface area (Å²) < 4.78 is 5.11. The van der Waals surface area contributed by atoms with Crippen molar-refractivity contribution >= 4 is 28.3 Å². The molecule has 1 amide bonds. The topological polar surface area (TPSA) is 123 Å². The lowest BCUT2D eigenvalue weighted by Gasteiger charge is -2.10. The van der Waals surface area contributed by atoms with Gasteiger partial charge in [0.1, 0.15) is 16.8 Å². The third-order valence-electron chi connectivity index (χ3n) is 3.22. The minimum atomic E-state index is -0.545. The minimum absolute atomic E-state index is 0.145. The minimum Gasteiger partial charge on any atom is -0.495 e. The zero-order chi connectivity index (χ0) is 16.4. The average molecular weight is 313 g/mol. The first-order valence-corrected chi connectivity index (χ1v) is 6.53. The van der Waals surface area contributed by atoms with Crippen LogP contribution in [0.1, 0.15) is 10.4 Å². The molecule has 3 aromatic rings. The fourth-order valence-electron chi connectivity index (χ4n) is 2.08. The highest BCUT2D eigenvalue weighted by Gasteiger charge is 2.15. The Hall–Kier alpha value is -3.49. The number of ether oxygens (including phenoxy) is 1. The number of non-ortho nitro benzene ring substituents is 1. The number of amides is 1. The van der Waals surface area contributed by atoms with Gasteiger partial charge in [-0.05, 0) is 24.3 Å². The van der Waals surface area contributed by atoms with Crippen molar-refractivity contribution in [1.29, 1.82) is 0 Å². The van der Waals surface area contributed by atoms with Crippen molar-refractivity contribution in [3.8, 4) is 5.75 Å². The molecule has 23 heavy (non-hydrogen) atoms. The van der Waals surface area contributed by atoms with Crippen molar-refractivity contribution in [3.63, 3.8) is 0 Å². The second-order valence-corrected chi connectivity index (χ2v) is 4.62. The SMILES string of the molecule is COc1ccc([N+](=O)[O-])cc1NC(=O)c1ccc2n[nH]nc2c1. The molecule has 0 spiro atoms. The first-order chi connectivity index (χ1) is 11.1. The van der Waals surface area contributed by atoms with Crippen molar-refractivity contribution in [2.24, 2.45) is 0 Å². The molecule has 0 bridgehead atoms. The Morgan fingerprint density at radius 2 is 2.00 bits per heavy atom. The van der Waals surface area contributed by atoms with Gasteiger partial charge in [0.2, 0.25) is 0 Å². The Kier molecular flexibility index (Phi) is 3.59. The second kappa shape index (κ2) is 5.72. The number of hydrogen-bond donors (Lipinski definition) is 2. The Labute approximate surface area is 129 Å². The smallest absolute Gasteiger partial charge is 0.271 e. The Morgan fingerprint density at radius 1 is 1.22 bits per heavy atom. The van der Waals surface area contributed by atoms with Crippen LogP contribution in [0.25, 0.3) is 11.0 Å². The van der Waals surface area contributed by atoms with Gasteiger partial charge in [-0.25, -0.2) is 0 Å². The molecule has 0 saturated heterocycles. The van der Waals surface area contributed by atoms with E-state index in [1.165, 1.54) is 25.3 Å². The predicted molar refractivity (Wildman–Crippen MR) is 81.5 cm³/mol. The first kappa shape index (κ1) is 14.4. The third-order valence-corrected chi connectivity index (χ3v) is 3.22. The van der Waals surface area contributed by atoms with Gasteiger partial charge in [0.25, 0.3) is 11.6 Å². The van der Waals surface area contributed by atoms with Gasteiger partial charge in [0.05, 0.1) is 17.7 Å². The molecule has 2 N–H and O–H groups in total. The predicted octanol–water partition coefficient (Wildman–Crippen LogP) is 2.13. The Bertz CT molecular complexity index is 905. The van der Waals surface area contributed by atoms with Crippen LogP contribution in [0.15, 0.2) is 36.4 Å². The van der Waals surface area contributed by atoms with E-state index < -0.39 is 10.8 Å². The van der Waals surface area contributed by atoms with Crippen LogP contribution in [-0.4, -0.2) is 33.4 Å². The van der Waals surface area contributed by atoms with Gasteiger partial charge in [-0.2, -0.15) is 15.4 Å². The molecule has 1 aromatic heterocycles. The number of nitrogens with one attached hydrogen (secondary N) is 2. The summed E-state index contributed by atoms with van der Waals surface area (Å²) >= 11 is 0. The zero-order valence-corrected chi connectivity index (χ0v) is 11.9. The maximum Gasteiger partial charge on any atom is 0.271 e. The van der Waals surface area contributed by atoms with Crippen LogP contribution < -0.4 is 10.1 Å². The summed E-state index contributed by atoms with van der Waals surface area (Å²) in [5.41, 5.74) is 1.60. The van der Waals surface area contributed by atoms with Crippen LogP contribution in [0.4, 0.5) is 11.4 Å². The number of aromatic amines is 1. The summed E-state index contributed by atoms with van der Waals surface area (Å²) in [5, 5.41) is 23.7. The number of methoxy groups -OCH3 is 1. The number of anilines is 1. The number of nitrogens with zero attached hydrogens (tertiary/aromatic N) is 3. The molecule has 9 heteroatoms. The number of rotatable bonds is 4. The maximum absolute atomic E-state index is 12.3. The standard InChI is InChI=1S/C14H11N5O4/c1-23-13-5-3-9(19(21)22)7-12(13)15-14(20)8-2-4-10-11(6-8)17-18-16-10/h2-7H,1H3,(H,15,20)(H,16,17,18). The lowest BCUT2D eigenvalue weighted by atomic mass is 10.1. The van der Waals surface area contributed by atoms with Crippen LogP contribution in [0.2, 0.25) is 0 Å². The molecule has 116 valence electrons. The Morgan fingerprint density at radius 3 is 2.74 bits per heavy atom. The fraction of sp³-hybridized carbons (Fsp3) is 0.0714. The molecule has 0 saturated carbocycles. The fourth-order valence-corrected chi connectivity index (χ4v) is 2.08. The van der Waals surface area contributed by atoms with E-state index in [4.69, 9.17) is 4.74 Å². The lowest BCUT2D eigenvalue weighted by molar-refractivity contribution is -0.384. The third kappa shape index (κ3) is 2.79. The highest BCUT2D eigenvalue weighted by molar-refractivity contribution is 6.06. The average Bonchev–Trinajstić information content (AvgIpc) is 3.02. The summed E-state index contributed by atoms with van der Waals surface area (Å²) in [6.45, 7) is 0. The van der Waals surface area contributed by atoms with Gasteiger partial charge in [-0.15, -0.1) is 0 Å². The van der Waals surface area contributed by atoms with Gasteiger partial charge < -0.3 is 10.1 Å². The molecule has 0 aliphatic rings. The number of benzene rings is 2. The van der Waals surface area contributed by atoms with Crippen LogP contribution >= 0.6 is 0 Å². The van der Waals surface area contributed by atoms with Crippen molar-refractivity contribution < 1.29 is 14.5 Å². The highest BCUT2D eigenvalue weighted by Crippen LogP contribution is 2.29. The van der Waals surface area contributed by atoms with Gasteiger partial charge in [-0.3, -0.25) is 14.9 Å². The van der Waals surface area contributed by atoms with Gasteiger partial charge in [-0.1, -0.05) is 0 Å². The molecule has 0 atom stereocenters. The first-order valence-electron chi connectivity index (χ1n) is 6.53. The largest absolute Gasteiger partial charge is 0.495 e. The van der Waals surface area contributed by atoms with Crippen molar-refractivity contribution in [1.82, 2.24) is 15.4 Å². The quantitative estimate of drug-likeness (QED) is 0.562. The number of H-pyrrole nitrogens is 1. The summed E-state index contributed by atoms with van der Waals surface area (Å²) in [7, 11) is 1.41. The van der Waals surface area contributed by atoms with Crippen molar-refractivity contribution in [2.75, 3.05) is 12.4 Å². The molecule has 1 heterocycles. The number of nitro benzene ring substituents is 1. The van der Waals surface area contributed by atoms with E-state index in [9.17, 15) is 14.9 Å². The number of fused-ring (bicyclic) bond motifs is 1. The molecular weight excluding hydrogens is 302 g/mol. The molecular formula is C14H11N5O4. The maximum atomic E-state index is 12.3. The molecule has 2 aromatic carbocycles.